The molecule has 17 heavy (non-hydrogen) atoms. The molecule has 1 aliphatic rings. The Bertz CT molecular complexity index is 354. The molecule has 1 aliphatic heterocycles. The molecule has 0 unspecified atom stereocenters. The van der Waals surface area contributed by atoms with Crippen molar-refractivity contribution in [2.24, 2.45) is 0 Å². The van der Waals surface area contributed by atoms with Gasteiger partial charge in [-0.25, -0.2) is 0 Å². The van der Waals surface area contributed by atoms with E-state index >= 15 is 0 Å². The topological polar surface area (TPSA) is 38.5 Å². The first-order valence-corrected chi connectivity index (χ1v) is 6.04. The van der Waals surface area contributed by atoms with Crippen molar-refractivity contribution in [3.63, 3.8) is 0 Å². The third-order valence-electron chi connectivity index (χ3n) is 2.82. The first-order valence-electron chi connectivity index (χ1n) is 5.66. The van der Waals surface area contributed by atoms with Gasteiger partial charge >= 0.3 is 0 Å². The summed E-state index contributed by atoms with van der Waals surface area (Å²) in [6, 6.07) is 5.34. The molecule has 2 rings (SSSR count). The van der Waals surface area contributed by atoms with E-state index in [0.29, 0.717) is 17.3 Å². The molecule has 0 bridgehead atoms. The van der Waals surface area contributed by atoms with Gasteiger partial charge in [-0.15, -0.1) is 12.4 Å². The molecule has 1 saturated heterocycles. The minimum Gasteiger partial charge on any atom is -0.491 e. The molecule has 0 radical (unpaired) electrons. The van der Waals surface area contributed by atoms with Gasteiger partial charge in [-0.2, -0.15) is 0 Å². The van der Waals surface area contributed by atoms with Crippen molar-refractivity contribution in [3.8, 4) is 5.75 Å². The summed E-state index contributed by atoms with van der Waals surface area (Å²) in [4.78, 5) is 2.41. The third kappa shape index (κ3) is 4.26. The Morgan fingerprint density at radius 1 is 1.29 bits per heavy atom. The zero-order valence-electron chi connectivity index (χ0n) is 9.69. The van der Waals surface area contributed by atoms with E-state index in [9.17, 15) is 0 Å². The monoisotopic (exact) mass is 276 g/mol. The molecule has 0 atom stereocenters. The van der Waals surface area contributed by atoms with Crippen LogP contribution in [-0.2, 0) is 0 Å². The Labute approximate surface area is 113 Å². The summed E-state index contributed by atoms with van der Waals surface area (Å²) in [5, 5.41) is 0.585. The van der Waals surface area contributed by atoms with Gasteiger partial charge in [-0.3, -0.25) is 4.90 Å². The van der Waals surface area contributed by atoms with Crippen molar-refractivity contribution in [1.82, 2.24) is 4.90 Å². The number of halogens is 2. The maximum Gasteiger partial charge on any atom is 0.138 e. The largest absolute Gasteiger partial charge is 0.491 e. The van der Waals surface area contributed by atoms with E-state index in [1.54, 1.807) is 12.1 Å². The molecule has 1 fully saturated rings. The summed E-state index contributed by atoms with van der Waals surface area (Å²) in [7, 11) is 0. The van der Waals surface area contributed by atoms with E-state index < -0.39 is 0 Å². The molecule has 0 aromatic heterocycles. The maximum atomic E-state index is 6.01. The Morgan fingerprint density at radius 3 is 2.65 bits per heavy atom. The van der Waals surface area contributed by atoms with Crippen LogP contribution >= 0.6 is 24.0 Å². The number of likely N-dealkylation sites (tertiary alicyclic amines) is 1. The first kappa shape index (κ1) is 14.4. The molecule has 0 aliphatic carbocycles. The predicted molar refractivity (Wildman–Crippen MR) is 74.3 cm³/mol. The number of hydrogen-bond acceptors (Lipinski definition) is 3. The minimum atomic E-state index is 0. The molecule has 1 heterocycles. The van der Waals surface area contributed by atoms with Crippen molar-refractivity contribution < 1.29 is 4.74 Å². The number of benzene rings is 1. The maximum absolute atomic E-state index is 6.01. The normalized spacial score (nSPS) is 15.6. The van der Waals surface area contributed by atoms with Crippen molar-refractivity contribution in [2.45, 2.75) is 12.8 Å². The fourth-order valence-electron chi connectivity index (χ4n) is 1.93. The van der Waals surface area contributed by atoms with Crippen LogP contribution in [0.15, 0.2) is 18.2 Å². The zero-order valence-corrected chi connectivity index (χ0v) is 11.3. The van der Waals surface area contributed by atoms with Crippen molar-refractivity contribution in [1.29, 1.82) is 0 Å². The van der Waals surface area contributed by atoms with Crippen LogP contribution in [0.1, 0.15) is 12.8 Å². The van der Waals surface area contributed by atoms with Crippen molar-refractivity contribution in [2.75, 3.05) is 32.0 Å². The van der Waals surface area contributed by atoms with Crippen LogP contribution in [0.2, 0.25) is 5.02 Å². The van der Waals surface area contributed by atoms with Crippen LogP contribution in [-0.4, -0.2) is 31.1 Å². The van der Waals surface area contributed by atoms with E-state index in [4.69, 9.17) is 22.1 Å². The van der Waals surface area contributed by atoms with Gasteiger partial charge in [-0.1, -0.05) is 11.6 Å². The Balaban J connectivity index is 0.00000144. The van der Waals surface area contributed by atoms with E-state index in [-0.39, 0.29) is 12.4 Å². The number of rotatable bonds is 4. The lowest BCUT2D eigenvalue weighted by Crippen LogP contribution is -2.25. The van der Waals surface area contributed by atoms with Crippen LogP contribution in [0.25, 0.3) is 0 Å². The summed E-state index contributed by atoms with van der Waals surface area (Å²) in [6.07, 6.45) is 2.62. The molecule has 1 aromatic rings. The summed E-state index contributed by atoms with van der Waals surface area (Å²) in [5.41, 5.74) is 6.27. The highest BCUT2D eigenvalue weighted by atomic mass is 35.5. The molecule has 1 aromatic carbocycles. The van der Waals surface area contributed by atoms with Crippen LogP contribution in [0.5, 0.6) is 5.75 Å². The summed E-state index contributed by atoms with van der Waals surface area (Å²) >= 11 is 6.01. The molecule has 0 amide bonds. The number of nitrogens with zero attached hydrogens (tertiary/aromatic N) is 1. The van der Waals surface area contributed by atoms with E-state index in [1.165, 1.54) is 25.9 Å². The molecular formula is C12H18Cl2N2O. The number of anilines is 1. The standard InChI is InChI=1S/C12H17ClN2O.ClH/c13-11-9-10(14)3-4-12(11)16-8-7-15-5-1-2-6-15;/h3-4,9H,1-2,5-8,14H2;1H. The summed E-state index contributed by atoms with van der Waals surface area (Å²) in [5.74, 6) is 0.718. The van der Waals surface area contributed by atoms with Gasteiger partial charge in [-0.05, 0) is 44.1 Å². The second-order valence-corrected chi connectivity index (χ2v) is 4.49. The lowest BCUT2D eigenvalue weighted by molar-refractivity contribution is 0.238. The predicted octanol–water partition coefficient (Wildman–Crippen LogP) is 2.82. The Kier molecular flexibility index (Phi) is 5.89. The number of hydrogen-bond donors (Lipinski definition) is 1. The second kappa shape index (κ2) is 6.94. The first-order chi connectivity index (χ1) is 7.75. The molecule has 5 heteroatoms. The molecule has 96 valence electrons. The van der Waals surface area contributed by atoms with Crippen LogP contribution in [0, 0.1) is 0 Å². The average molecular weight is 277 g/mol. The van der Waals surface area contributed by atoms with Gasteiger partial charge in [0, 0.05) is 12.2 Å². The highest BCUT2D eigenvalue weighted by Crippen LogP contribution is 2.26. The van der Waals surface area contributed by atoms with Gasteiger partial charge in [0.05, 0.1) is 5.02 Å². The van der Waals surface area contributed by atoms with E-state index in [1.807, 2.05) is 6.07 Å². The molecule has 2 N–H and O–H groups in total. The van der Waals surface area contributed by atoms with Gasteiger partial charge in [0.25, 0.3) is 0 Å². The van der Waals surface area contributed by atoms with E-state index in [0.717, 1.165) is 12.3 Å². The highest BCUT2D eigenvalue weighted by Gasteiger charge is 2.11. The quantitative estimate of drug-likeness (QED) is 0.860. The molecule has 0 spiro atoms. The van der Waals surface area contributed by atoms with Crippen molar-refractivity contribution in [3.05, 3.63) is 23.2 Å². The summed E-state index contributed by atoms with van der Waals surface area (Å²) in [6.45, 7) is 4.04. The second-order valence-electron chi connectivity index (χ2n) is 4.09. The summed E-state index contributed by atoms with van der Waals surface area (Å²) < 4.78 is 5.62. The Hall–Kier alpha value is -0.640. The lowest BCUT2D eigenvalue weighted by atomic mass is 10.3. The van der Waals surface area contributed by atoms with E-state index in [2.05, 4.69) is 4.90 Å². The fourth-order valence-corrected chi connectivity index (χ4v) is 2.17. The van der Waals surface area contributed by atoms with Crippen LogP contribution < -0.4 is 10.5 Å². The zero-order chi connectivity index (χ0) is 11.4. The van der Waals surface area contributed by atoms with Gasteiger partial charge in [0.2, 0.25) is 0 Å². The Morgan fingerprint density at radius 2 is 2.00 bits per heavy atom. The van der Waals surface area contributed by atoms with Gasteiger partial charge < -0.3 is 10.5 Å². The molecule has 0 saturated carbocycles. The highest BCUT2D eigenvalue weighted by molar-refractivity contribution is 6.32. The van der Waals surface area contributed by atoms with Gasteiger partial charge in [0.1, 0.15) is 12.4 Å². The van der Waals surface area contributed by atoms with Crippen LogP contribution in [0.3, 0.4) is 0 Å². The number of nitrogen functional groups attached to an aromatic ring is 1. The van der Waals surface area contributed by atoms with Crippen molar-refractivity contribution >= 4 is 29.7 Å². The molecule has 3 nitrogen and oxygen atoms in total. The molecular weight excluding hydrogens is 259 g/mol. The minimum absolute atomic E-state index is 0. The smallest absolute Gasteiger partial charge is 0.138 e. The average Bonchev–Trinajstić information content (AvgIpc) is 2.74. The third-order valence-corrected chi connectivity index (χ3v) is 3.12. The number of nitrogens with two attached hydrogens (primary N) is 1. The fraction of sp³-hybridized carbons (Fsp3) is 0.500. The SMILES string of the molecule is Cl.Nc1ccc(OCCN2CCCC2)c(Cl)c1. The van der Waals surface area contributed by atoms with Crippen LogP contribution in [0.4, 0.5) is 5.69 Å². The van der Waals surface area contributed by atoms with Gasteiger partial charge in [0.15, 0.2) is 0 Å². The number of ether oxygens (including phenoxy) is 1. The lowest BCUT2D eigenvalue weighted by Gasteiger charge is -2.15.